The van der Waals surface area contributed by atoms with Crippen molar-refractivity contribution in [2.24, 2.45) is 5.10 Å². The van der Waals surface area contributed by atoms with Crippen LogP contribution in [0.1, 0.15) is 52.6 Å². The molecule has 0 aromatic heterocycles. The summed E-state index contributed by atoms with van der Waals surface area (Å²) in [5.74, 6) is -0.230. The maximum Gasteiger partial charge on any atom is 0.343 e. The standard InChI is InChI=1S/C26H25ClN2O4/c1-26(2,3)20-10-6-18(7-11-20)24(30)29-28-16-17-5-14-22(23(15-17)32-4)33-25(31)19-8-12-21(27)13-9-19/h5-16H,1-4H3,(H,29,30)/b28-16-. The van der Waals surface area contributed by atoms with Crippen molar-refractivity contribution in [2.75, 3.05) is 7.11 Å². The molecule has 3 aromatic rings. The zero-order valence-corrected chi connectivity index (χ0v) is 19.6. The summed E-state index contributed by atoms with van der Waals surface area (Å²) in [4.78, 5) is 24.7. The summed E-state index contributed by atoms with van der Waals surface area (Å²) < 4.78 is 10.8. The fraction of sp³-hybridized carbons (Fsp3) is 0.192. The third-order valence-corrected chi connectivity index (χ3v) is 5.12. The first-order valence-electron chi connectivity index (χ1n) is 10.3. The predicted octanol–water partition coefficient (Wildman–Crippen LogP) is 5.63. The molecule has 170 valence electrons. The predicted molar refractivity (Wildman–Crippen MR) is 130 cm³/mol. The van der Waals surface area contributed by atoms with Gasteiger partial charge in [-0.25, -0.2) is 10.2 Å². The fourth-order valence-corrected chi connectivity index (χ4v) is 3.07. The minimum absolute atomic E-state index is 0.0154. The Morgan fingerprint density at radius 3 is 2.15 bits per heavy atom. The molecule has 33 heavy (non-hydrogen) atoms. The number of nitrogens with zero attached hydrogens (tertiary/aromatic N) is 1. The van der Waals surface area contributed by atoms with Crippen LogP contribution in [0.25, 0.3) is 0 Å². The van der Waals surface area contributed by atoms with E-state index in [-0.39, 0.29) is 17.1 Å². The van der Waals surface area contributed by atoms with Gasteiger partial charge in [-0.05, 0) is 71.1 Å². The first-order valence-corrected chi connectivity index (χ1v) is 10.6. The van der Waals surface area contributed by atoms with Gasteiger partial charge in [-0.15, -0.1) is 0 Å². The smallest absolute Gasteiger partial charge is 0.343 e. The Kier molecular flexibility index (Phi) is 7.51. The molecule has 1 N–H and O–H groups in total. The Balaban J connectivity index is 1.64. The van der Waals surface area contributed by atoms with E-state index in [1.54, 1.807) is 54.6 Å². The van der Waals surface area contributed by atoms with E-state index in [2.05, 4.69) is 31.3 Å². The van der Waals surface area contributed by atoms with Gasteiger partial charge >= 0.3 is 5.97 Å². The van der Waals surface area contributed by atoms with Gasteiger partial charge in [0.2, 0.25) is 0 Å². The number of esters is 1. The Labute approximate surface area is 198 Å². The molecule has 0 unspecified atom stereocenters. The summed E-state index contributed by atoms with van der Waals surface area (Å²) in [5.41, 5.74) is 5.21. The van der Waals surface area contributed by atoms with E-state index in [4.69, 9.17) is 21.1 Å². The van der Waals surface area contributed by atoms with Crippen LogP contribution in [-0.2, 0) is 5.41 Å². The van der Waals surface area contributed by atoms with Crippen LogP contribution in [0.2, 0.25) is 5.02 Å². The highest BCUT2D eigenvalue weighted by Crippen LogP contribution is 2.28. The maximum absolute atomic E-state index is 12.3. The molecule has 0 atom stereocenters. The average Bonchev–Trinajstić information content (AvgIpc) is 2.79. The highest BCUT2D eigenvalue weighted by Gasteiger charge is 2.15. The lowest BCUT2D eigenvalue weighted by Crippen LogP contribution is -2.18. The first-order chi connectivity index (χ1) is 15.7. The Bertz CT molecular complexity index is 1160. The van der Waals surface area contributed by atoms with Crippen LogP contribution in [0.5, 0.6) is 11.5 Å². The average molecular weight is 465 g/mol. The van der Waals surface area contributed by atoms with Crippen LogP contribution < -0.4 is 14.9 Å². The number of hydrogen-bond donors (Lipinski definition) is 1. The van der Waals surface area contributed by atoms with E-state index in [9.17, 15) is 9.59 Å². The van der Waals surface area contributed by atoms with Crippen molar-refractivity contribution >= 4 is 29.7 Å². The second-order valence-electron chi connectivity index (χ2n) is 8.33. The molecular weight excluding hydrogens is 440 g/mol. The van der Waals surface area contributed by atoms with Crippen LogP contribution in [-0.4, -0.2) is 25.2 Å². The molecule has 7 heteroatoms. The molecule has 0 saturated carbocycles. The molecule has 0 bridgehead atoms. The molecule has 1 amide bonds. The molecule has 0 aliphatic carbocycles. The third kappa shape index (κ3) is 6.43. The molecule has 0 radical (unpaired) electrons. The lowest BCUT2D eigenvalue weighted by Gasteiger charge is -2.18. The van der Waals surface area contributed by atoms with Crippen molar-refractivity contribution < 1.29 is 19.1 Å². The van der Waals surface area contributed by atoms with Gasteiger partial charge in [-0.1, -0.05) is 44.5 Å². The Morgan fingerprint density at radius 1 is 0.909 bits per heavy atom. The van der Waals surface area contributed by atoms with Crippen molar-refractivity contribution in [3.63, 3.8) is 0 Å². The number of hydrogen-bond acceptors (Lipinski definition) is 5. The zero-order chi connectivity index (χ0) is 24.0. The SMILES string of the molecule is COc1cc(/C=N\NC(=O)c2ccc(C(C)(C)C)cc2)ccc1OC(=O)c1ccc(Cl)cc1. The molecule has 0 saturated heterocycles. The summed E-state index contributed by atoms with van der Waals surface area (Å²) in [5, 5.41) is 4.54. The van der Waals surface area contributed by atoms with Crippen LogP contribution >= 0.6 is 11.6 Å². The van der Waals surface area contributed by atoms with Crippen molar-refractivity contribution in [1.29, 1.82) is 0 Å². The van der Waals surface area contributed by atoms with E-state index >= 15 is 0 Å². The summed E-state index contributed by atoms with van der Waals surface area (Å²) in [7, 11) is 1.47. The van der Waals surface area contributed by atoms with Crippen LogP contribution in [0.3, 0.4) is 0 Å². The summed E-state index contributed by atoms with van der Waals surface area (Å²) in [6.07, 6.45) is 1.48. The van der Waals surface area contributed by atoms with Gasteiger partial charge in [0.25, 0.3) is 5.91 Å². The summed E-state index contributed by atoms with van der Waals surface area (Å²) in [6.45, 7) is 6.35. The van der Waals surface area contributed by atoms with Gasteiger partial charge in [0.15, 0.2) is 11.5 Å². The summed E-state index contributed by atoms with van der Waals surface area (Å²) >= 11 is 5.85. The van der Waals surface area contributed by atoms with Gasteiger partial charge in [0.1, 0.15) is 0 Å². The largest absolute Gasteiger partial charge is 0.493 e. The normalized spacial score (nSPS) is 11.3. The molecule has 0 fully saturated rings. The van der Waals surface area contributed by atoms with E-state index in [0.717, 1.165) is 5.56 Å². The van der Waals surface area contributed by atoms with Gasteiger partial charge in [0.05, 0.1) is 18.9 Å². The lowest BCUT2D eigenvalue weighted by atomic mass is 9.87. The second kappa shape index (κ2) is 10.3. The van der Waals surface area contributed by atoms with Crippen LogP contribution in [0, 0.1) is 0 Å². The molecule has 6 nitrogen and oxygen atoms in total. The van der Waals surface area contributed by atoms with Crippen LogP contribution in [0.15, 0.2) is 71.8 Å². The molecule has 0 aliphatic rings. The third-order valence-electron chi connectivity index (χ3n) is 4.86. The van der Waals surface area contributed by atoms with Crippen molar-refractivity contribution in [2.45, 2.75) is 26.2 Å². The number of methoxy groups -OCH3 is 1. The van der Waals surface area contributed by atoms with Crippen LogP contribution in [0.4, 0.5) is 0 Å². The van der Waals surface area contributed by atoms with E-state index < -0.39 is 5.97 Å². The number of carbonyl (C=O) groups excluding carboxylic acids is 2. The molecule has 3 rings (SSSR count). The van der Waals surface area contributed by atoms with Gasteiger partial charge in [-0.3, -0.25) is 4.79 Å². The number of halogens is 1. The number of rotatable bonds is 6. The maximum atomic E-state index is 12.3. The topological polar surface area (TPSA) is 77.0 Å². The highest BCUT2D eigenvalue weighted by atomic mass is 35.5. The minimum atomic E-state index is -0.531. The van der Waals surface area contributed by atoms with Gasteiger partial charge in [-0.2, -0.15) is 5.10 Å². The van der Waals surface area contributed by atoms with E-state index in [1.807, 2.05) is 12.1 Å². The molecular formula is C26H25ClN2O4. The Morgan fingerprint density at radius 2 is 1.55 bits per heavy atom. The monoisotopic (exact) mass is 464 g/mol. The second-order valence-corrected chi connectivity index (χ2v) is 8.77. The lowest BCUT2D eigenvalue weighted by molar-refractivity contribution is 0.0729. The van der Waals surface area contributed by atoms with Crippen molar-refractivity contribution in [1.82, 2.24) is 5.43 Å². The molecule has 3 aromatic carbocycles. The number of nitrogens with one attached hydrogen (secondary N) is 1. The number of amides is 1. The zero-order valence-electron chi connectivity index (χ0n) is 18.9. The van der Waals surface area contributed by atoms with E-state index in [0.29, 0.717) is 27.5 Å². The van der Waals surface area contributed by atoms with Crippen molar-refractivity contribution in [3.8, 4) is 11.5 Å². The minimum Gasteiger partial charge on any atom is -0.493 e. The number of carbonyl (C=O) groups is 2. The van der Waals surface area contributed by atoms with E-state index in [1.165, 1.54) is 13.3 Å². The van der Waals surface area contributed by atoms with Crippen molar-refractivity contribution in [3.05, 3.63) is 94.0 Å². The van der Waals surface area contributed by atoms with Gasteiger partial charge < -0.3 is 9.47 Å². The quantitative estimate of drug-likeness (QED) is 0.222. The summed E-state index contributed by atoms with van der Waals surface area (Å²) in [6, 6.07) is 18.8. The highest BCUT2D eigenvalue weighted by molar-refractivity contribution is 6.30. The number of benzene rings is 3. The number of hydrazone groups is 1. The Hall–Kier alpha value is -3.64. The first kappa shape index (κ1) is 24.0. The number of ether oxygens (including phenoxy) is 2. The van der Waals surface area contributed by atoms with Gasteiger partial charge in [0, 0.05) is 10.6 Å². The fourth-order valence-electron chi connectivity index (χ4n) is 2.95. The molecule has 0 heterocycles. The molecule has 0 aliphatic heterocycles. The molecule has 0 spiro atoms.